The first-order chi connectivity index (χ1) is 7.97. The van der Waals surface area contributed by atoms with Gasteiger partial charge in [-0.3, -0.25) is 0 Å². The highest BCUT2D eigenvalue weighted by atomic mass is 16.5. The number of rotatable bonds is 6. The molecule has 1 aliphatic carbocycles. The molecule has 0 aromatic rings. The molecule has 1 fully saturated rings. The molecule has 0 aromatic carbocycles. The standard InChI is InChI=1S/C15H31NO/c1-6-16-14(11-17-12(2)3)13-9-7-8-10-15(13,4)5/h12-14,16H,6-11H2,1-5H3. The topological polar surface area (TPSA) is 21.3 Å². The van der Waals surface area contributed by atoms with Crippen molar-refractivity contribution in [1.82, 2.24) is 5.32 Å². The molecule has 0 amide bonds. The van der Waals surface area contributed by atoms with E-state index in [4.69, 9.17) is 4.74 Å². The van der Waals surface area contributed by atoms with Crippen LogP contribution in [0, 0.1) is 11.3 Å². The highest BCUT2D eigenvalue weighted by Gasteiger charge is 2.37. The Balaban J connectivity index is 2.60. The lowest BCUT2D eigenvalue weighted by atomic mass is 9.66. The fourth-order valence-corrected chi connectivity index (χ4v) is 3.14. The average molecular weight is 241 g/mol. The van der Waals surface area contributed by atoms with Gasteiger partial charge in [-0.05, 0) is 44.6 Å². The van der Waals surface area contributed by atoms with Crippen molar-refractivity contribution < 1.29 is 4.74 Å². The van der Waals surface area contributed by atoms with E-state index in [1.807, 2.05) is 0 Å². The summed E-state index contributed by atoms with van der Waals surface area (Å²) in [6, 6.07) is 0.526. The van der Waals surface area contributed by atoms with E-state index in [2.05, 4.69) is 39.9 Å². The normalized spacial score (nSPS) is 26.1. The minimum atomic E-state index is 0.336. The molecule has 1 aliphatic rings. The lowest BCUT2D eigenvalue weighted by Crippen LogP contribution is -2.47. The molecule has 0 spiro atoms. The molecule has 2 heteroatoms. The lowest BCUT2D eigenvalue weighted by molar-refractivity contribution is 0.0126. The Morgan fingerprint density at radius 2 is 2.00 bits per heavy atom. The van der Waals surface area contributed by atoms with Crippen LogP contribution in [-0.2, 0) is 4.74 Å². The third-order valence-electron chi connectivity index (χ3n) is 4.15. The summed E-state index contributed by atoms with van der Waals surface area (Å²) < 4.78 is 5.84. The minimum Gasteiger partial charge on any atom is -0.377 e. The van der Waals surface area contributed by atoms with E-state index in [9.17, 15) is 0 Å². The zero-order valence-electron chi connectivity index (χ0n) is 12.4. The maximum absolute atomic E-state index is 5.84. The highest BCUT2D eigenvalue weighted by molar-refractivity contribution is 4.90. The van der Waals surface area contributed by atoms with E-state index in [-0.39, 0.29) is 0 Å². The van der Waals surface area contributed by atoms with Crippen molar-refractivity contribution >= 4 is 0 Å². The van der Waals surface area contributed by atoms with Crippen LogP contribution in [-0.4, -0.2) is 25.3 Å². The van der Waals surface area contributed by atoms with Gasteiger partial charge in [-0.2, -0.15) is 0 Å². The molecule has 0 radical (unpaired) electrons. The van der Waals surface area contributed by atoms with Crippen LogP contribution in [0.1, 0.15) is 60.3 Å². The number of hydrogen-bond donors (Lipinski definition) is 1. The zero-order chi connectivity index (χ0) is 12.9. The van der Waals surface area contributed by atoms with Crippen LogP contribution < -0.4 is 5.32 Å². The molecule has 1 saturated carbocycles. The smallest absolute Gasteiger partial charge is 0.0626 e. The molecular weight excluding hydrogens is 210 g/mol. The predicted molar refractivity (Wildman–Crippen MR) is 74.3 cm³/mol. The van der Waals surface area contributed by atoms with E-state index < -0.39 is 0 Å². The summed E-state index contributed by atoms with van der Waals surface area (Å²) in [5.41, 5.74) is 0.464. The quantitative estimate of drug-likeness (QED) is 0.767. The average Bonchev–Trinajstić information content (AvgIpc) is 2.24. The number of likely N-dealkylation sites (N-methyl/N-ethyl adjacent to an activating group) is 1. The molecule has 2 nitrogen and oxygen atoms in total. The van der Waals surface area contributed by atoms with Crippen molar-refractivity contribution in [2.24, 2.45) is 11.3 Å². The molecular formula is C15H31NO. The first kappa shape index (κ1) is 15.0. The first-order valence-corrected chi connectivity index (χ1v) is 7.32. The van der Waals surface area contributed by atoms with E-state index in [1.165, 1.54) is 25.7 Å². The molecule has 102 valence electrons. The molecule has 0 heterocycles. The van der Waals surface area contributed by atoms with E-state index in [0.717, 1.165) is 19.1 Å². The van der Waals surface area contributed by atoms with Crippen LogP contribution in [0.25, 0.3) is 0 Å². The summed E-state index contributed by atoms with van der Waals surface area (Å²) >= 11 is 0. The van der Waals surface area contributed by atoms with Crippen molar-refractivity contribution in [3.05, 3.63) is 0 Å². The maximum atomic E-state index is 5.84. The molecule has 2 atom stereocenters. The summed E-state index contributed by atoms with van der Waals surface area (Å²) in [6.45, 7) is 13.2. The van der Waals surface area contributed by atoms with Crippen molar-refractivity contribution in [2.45, 2.75) is 72.4 Å². The fourth-order valence-electron chi connectivity index (χ4n) is 3.14. The van der Waals surface area contributed by atoms with Gasteiger partial charge in [-0.15, -0.1) is 0 Å². The van der Waals surface area contributed by atoms with Crippen LogP contribution in [0.4, 0.5) is 0 Å². The Morgan fingerprint density at radius 3 is 2.53 bits per heavy atom. The van der Waals surface area contributed by atoms with Crippen LogP contribution >= 0.6 is 0 Å². The predicted octanol–water partition coefficient (Wildman–Crippen LogP) is 3.61. The van der Waals surface area contributed by atoms with Crippen molar-refractivity contribution in [3.63, 3.8) is 0 Å². The molecule has 1 rings (SSSR count). The van der Waals surface area contributed by atoms with Crippen LogP contribution in [0.3, 0.4) is 0 Å². The minimum absolute atomic E-state index is 0.336. The summed E-state index contributed by atoms with van der Waals surface area (Å²) in [5.74, 6) is 0.759. The fraction of sp³-hybridized carbons (Fsp3) is 1.00. The monoisotopic (exact) mass is 241 g/mol. The second-order valence-corrected chi connectivity index (χ2v) is 6.39. The van der Waals surface area contributed by atoms with Gasteiger partial charge in [0.15, 0.2) is 0 Å². The Kier molecular flexibility index (Phi) is 5.94. The number of ether oxygens (including phenoxy) is 1. The van der Waals surface area contributed by atoms with Gasteiger partial charge in [0.2, 0.25) is 0 Å². The molecule has 17 heavy (non-hydrogen) atoms. The third kappa shape index (κ3) is 4.59. The molecule has 2 unspecified atom stereocenters. The summed E-state index contributed by atoms with van der Waals surface area (Å²) in [4.78, 5) is 0. The van der Waals surface area contributed by atoms with Gasteiger partial charge in [0, 0.05) is 6.04 Å². The van der Waals surface area contributed by atoms with Gasteiger partial charge < -0.3 is 10.1 Å². The van der Waals surface area contributed by atoms with Crippen molar-refractivity contribution in [3.8, 4) is 0 Å². The van der Waals surface area contributed by atoms with Crippen LogP contribution in [0.5, 0.6) is 0 Å². The molecule has 0 aromatic heterocycles. The Morgan fingerprint density at radius 1 is 1.29 bits per heavy atom. The summed E-state index contributed by atoms with van der Waals surface area (Å²) in [7, 11) is 0. The van der Waals surface area contributed by atoms with Gasteiger partial charge in [-0.25, -0.2) is 0 Å². The first-order valence-electron chi connectivity index (χ1n) is 7.32. The zero-order valence-corrected chi connectivity index (χ0v) is 12.4. The van der Waals surface area contributed by atoms with E-state index >= 15 is 0 Å². The highest BCUT2D eigenvalue weighted by Crippen LogP contribution is 2.42. The van der Waals surface area contributed by atoms with Gasteiger partial charge in [-0.1, -0.05) is 33.6 Å². The Hall–Kier alpha value is -0.0800. The van der Waals surface area contributed by atoms with Crippen LogP contribution in [0.2, 0.25) is 0 Å². The Labute approximate surface area is 108 Å². The van der Waals surface area contributed by atoms with E-state index in [0.29, 0.717) is 17.6 Å². The van der Waals surface area contributed by atoms with Gasteiger partial charge in [0.1, 0.15) is 0 Å². The molecule has 1 N–H and O–H groups in total. The molecule has 0 aliphatic heterocycles. The maximum Gasteiger partial charge on any atom is 0.0626 e. The second-order valence-electron chi connectivity index (χ2n) is 6.39. The largest absolute Gasteiger partial charge is 0.377 e. The van der Waals surface area contributed by atoms with E-state index in [1.54, 1.807) is 0 Å². The lowest BCUT2D eigenvalue weighted by Gasteiger charge is -2.43. The second kappa shape index (κ2) is 6.75. The van der Waals surface area contributed by atoms with Crippen molar-refractivity contribution in [2.75, 3.05) is 13.2 Å². The van der Waals surface area contributed by atoms with Crippen LogP contribution in [0.15, 0.2) is 0 Å². The summed E-state index contributed by atoms with van der Waals surface area (Å²) in [6.07, 6.45) is 5.83. The van der Waals surface area contributed by atoms with Gasteiger partial charge >= 0.3 is 0 Å². The van der Waals surface area contributed by atoms with Gasteiger partial charge in [0.05, 0.1) is 12.7 Å². The van der Waals surface area contributed by atoms with Gasteiger partial charge in [0.25, 0.3) is 0 Å². The number of nitrogens with one attached hydrogen (secondary N) is 1. The van der Waals surface area contributed by atoms with Crippen molar-refractivity contribution in [1.29, 1.82) is 0 Å². The molecule has 0 bridgehead atoms. The molecule has 0 saturated heterocycles. The number of hydrogen-bond acceptors (Lipinski definition) is 2. The summed E-state index contributed by atoms with van der Waals surface area (Å²) in [5, 5.41) is 3.64. The third-order valence-corrected chi connectivity index (χ3v) is 4.15. The SMILES string of the molecule is CCNC(COC(C)C)C1CCCCC1(C)C. The Bertz CT molecular complexity index is 213.